The second kappa shape index (κ2) is 9.38. The second-order valence-corrected chi connectivity index (χ2v) is 7.70. The number of carbonyl (C=O) groups is 2. The van der Waals surface area contributed by atoms with Gasteiger partial charge >= 0.3 is 12.0 Å². The Kier molecular flexibility index (Phi) is 6.35. The van der Waals surface area contributed by atoms with Crippen LogP contribution in [0.25, 0.3) is 11.1 Å². The Morgan fingerprint density at radius 3 is 2.50 bits per heavy atom. The van der Waals surface area contributed by atoms with Gasteiger partial charge in [0.15, 0.2) is 5.58 Å². The largest absolute Gasteiger partial charge is 0.465 e. The van der Waals surface area contributed by atoms with Crippen molar-refractivity contribution in [1.29, 1.82) is 0 Å². The van der Waals surface area contributed by atoms with Crippen LogP contribution in [0.3, 0.4) is 0 Å². The van der Waals surface area contributed by atoms with Gasteiger partial charge in [0.1, 0.15) is 11.2 Å². The molecule has 10 nitrogen and oxygen atoms in total. The SMILES string of the molecule is COC(=O)c1ccc2oc(NC(=O)c3ccc(Nc4ccc(Cl)c(Cl)c4)c([N+](=O)[O-])c3)nc2c1. The summed E-state index contributed by atoms with van der Waals surface area (Å²) in [5.74, 6) is -1.22. The smallest absolute Gasteiger partial charge is 0.337 e. The van der Waals surface area contributed by atoms with Crippen molar-refractivity contribution < 1.29 is 23.7 Å². The number of halogens is 2. The van der Waals surface area contributed by atoms with E-state index in [4.69, 9.17) is 27.6 Å². The molecule has 172 valence electrons. The third-order valence-electron chi connectivity index (χ3n) is 4.68. The van der Waals surface area contributed by atoms with Gasteiger partial charge in [-0.15, -0.1) is 0 Å². The van der Waals surface area contributed by atoms with Gasteiger partial charge in [-0.1, -0.05) is 23.2 Å². The van der Waals surface area contributed by atoms with Crippen molar-refractivity contribution in [3.8, 4) is 0 Å². The minimum atomic E-state index is -0.677. The summed E-state index contributed by atoms with van der Waals surface area (Å²) in [4.78, 5) is 39.5. The molecule has 4 aromatic rings. The van der Waals surface area contributed by atoms with Crippen molar-refractivity contribution in [2.75, 3.05) is 17.7 Å². The van der Waals surface area contributed by atoms with Crippen molar-refractivity contribution in [1.82, 2.24) is 4.98 Å². The number of hydrogen-bond donors (Lipinski definition) is 2. The maximum absolute atomic E-state index is 12.7. The van der Waals surface area contributed by atoms with Crippen molar-refractivity contribution in [2.45, 2.75) is 0 Å². The standard InChI is InChI=1S/C22H14Cl2N4O6/c1-33-21(30)12-3-7-19-17(8-12)26-22(34-19)27-20(29)11-2-6-16(18(9-11)28(31)32)25-13-4-5-14(23)15(24)10-13/h2-10,25H,1H3,(H,26,27,29). The number of nitrogens with zero attached hydrogens (tertiary/aromatic N) is 2. The number of amides is 1. The molecule has 34 heavy (non-hydrogen) atoms. The first-order chi connectivity index (χ1) is 16.2. The molecule has 0 saturated carbocycles. The summed E-state index contributed by atoms with van der Waals surface area (Å²) in [6.07, 6.45) is 0. The highest BCUT2D eigenvalue weighted by Gasteiger charge is 2.20. The molecular weight excluding hydrogens is 487 g/mol. The van der Waals surface area contributed by atoms with E-state index in [1.807, 2.05) is 0 Å². The Balaban J connectivity index is 1.57. The van der Waals surface area contributed by atoms with Crippen molar-refractivity contribution in [3.05, 3.63) is 85.9 Å². The van der Waals surface area contributed by atoms with Crippen LogP contribution < -0.4 is 10.6 Å². The second-order valence-electron chi connectivity index (χ2n) is 6.89. The number of nitro benzene ring substituents is 1. The van der Waals surface area contributed by atoms with Crippen LogP contribution in [0.15, 0.2) is 59.0 Å². The third-order valence-corrected chi connectivity index (χ3v) is 5.42. The van der Waals surface area contributed by atoms with Crippen LogP contribution in [0.5, 0.6) is 0 Å². The van der Waals surface area contributed by atoms with Crippen molar-refractivity contribution >= 4 is 69.3 Å². The quantitative estimate of drug-likeness (QED) is 0.191. The number of anilines is 3. The van der Waals surface area contributed by atoms with Gasteiger partial charge in [0.25, 0.3) is 11.6 Å². The first kappa shape index (κ1) is 23.0. The molecule has 0 saturated heterocycles. The number of aromatic nitrogens is 1. The summed E-state index contributed by atoms with van der Waals surface area (Å²) in [5, 5.41) is 17.6. The maximum atomic E-state index is 12.7. The number of benzene rings is 3. The van der Waals surface area contributed by atoms with Crippen LogP contribution in [-0.2, 0) is 4.74 Å². The molecule has 12 heteroatoms. The topological polar surface area (TPSA) is 137 Å². The summed E-state index contributed by atoms with van der Waals surface area (Å²) in [6.45, 7) is 0. The van der Waals surface area contributed by atoms with E-state index in [1.165, 1.54) is 43.5 Å². The zero-order chi connectivity index (χ0) is 24.4. The Bertz CT molecular complexity index is 1450. The average molecular weight is 501 g/mol. The average Bonchev–Trinajstić information content (AvgIpc) is 3.22. The number of ether oxygens (including phenoxy) is 1. The fourth-order valence-corrected chi connectivity index (χ4v) is 3.35. The van der Waals surface area contributed by atoms with E-state index in [1.54, 1.807) is 12.1 Å². The number of nitro groups is 1. The van der Waals surface area contributed by atoms with Gasteiger partial charge in [-0.25, -0.2) is 4.79 Å². The Morgan fingerprint density at radius 2 is 1.79 bits per heavy atom. The monoisotopic (exact) mass is 500 g/mol. The number of nitrogens with one attached hydrogen (secondary N) is 2. The summed E-state index contributed by atoms with van der Waals surface area (Å²) >= 11 is 11.9. The lowest BCUT2D eigenvalue weighted by Gasteiger charge is -2.09. The number of fused-ring (bicyclic) bond motifs is 1. The predicted octanol–water partition coefficient (Wildman–Crippen LogP) is 5.83. The molecule has 4 rings (SSSR count). The van der Waals surface area contributed by atoms with Gasteiger partial charge in [-0.2, -0.15) is 4.98 Å². The van der Waals surface area contributed by atoms with E-state index in [9.17, 15) is 19.7 Å². The molecule has 0 unspecified atom stereocenters. The van der Waals surface area contributed by atoms with Crippen LogP contribution in [-0.4, -0.2) is 28.9 Å². The maximum Gasteiger partial charge on any atom is 0.337 e. The summed E-state index contributed by atoms with van der Waals surface area (Å²) in [7, 11) is 1.26. The van der Waals surface area contributed by atoms with E-state index in [0.717, 1.165) is 6.07 Å². The minimum absolute atomic E-state index is 0.00361. The fraction of sp³-hybridized carbons (Fsp3) is 0.0455. The third kappa shape index (κ3) is 4.77. The number of oxazole rings is 1. The lowest BCUT2D eigenvalue weighted by atomic mass is 10.1. The van der Waals surface area contributed by atoms with E-state index >= 15 is 0 Å². The molecule has 0 aliphatic heterocycles. The molecule has 0 spiro atoms. The number of methoxy groups -OCH3 is 1. The lowest BCUT2D eigenvalue weighted by Crippen LogP contribution is -2.12. The van der Waals surface area contributed by atoms with E-state index in [2.05, 4.69) is 20.4 Å². The molecule has 0 fully saturated rings. The summed E-state index contributed by atoms with van der Waals surface area (Å²) < 4.78 is 10.1. The molecule has 0 radical (unpaired) electrons. The van der Waals surface area contributed by atoms with Gasteiger partial charge in [0, 0.05) is 17.3 Å². The van der Waals surface area contributed by atoms with Crippen molar-refractivity contribution in [3.63, 3.8) is 0 Å². The zero-order valence-electron chi connectivity index (χ0n) is 17.3. The van der Waals surface area contributed by atoms with Crippen LogP contribution in [0.4, 0.5) is 23.1 Å². The van der Waals surface area contributed by atoms with Crippen molar-refractivity contribution in [2.24, 2.45) is 0 Å². The molecular formula is C22H14Cl2N4O6. The Morgan fingerprint density at radius 1 is 1.03 bits per heavy atom. The predicted molar refractivity (Wildman–Crippen MR) is 126 cm³/mol. The van der Waals surface area contributed by atoms with E-state index in [0.29, 0.717) is 21.8 Å². The fourth-order valence-electron chi connectivity index (χ4n) is 3.05. The highest BCUT2D eigenvalue weighted by atomic mass is 35.5. The van der Waals surface area contributed by atoms with Crippen LogP contribution in [0.2, 0.25) is 10.0 Å². The first-order valence-electron chi connectivity index (χ1n) is 9.56. The molecule has 1 amide bonds. The summed E-state index contributed by atoms with van der Waals surface area (Å²) in [6, 6.07) is 12.9. The van der Waals surface area contributed by atoms with Crippen LogP contribution in [0, 0.1) is 10.1 Å². The number of esters is 1. The Hall–Kier alpha value is -4.15. The zero-order valence-corrected chi connectivity index (χ0v) is 18.8. The van der Waals surface area contributed by atoms with Gasteiger partial charge in [-0.05, 0) is 48.5 Å². The van der Waals surface area contributed by atoms with Crippen LogP contribution >= 0.6 is 23.2 Å². The number of rotatable bonds is 6. The minimum Gasteiger partial charge on any atom is -0.465 e. The molecule has 0 aliphatic carbocycles. The van der Waals surface area contributed by atoms with Gasteiger partial charge in [0.2, 0.25) is 0 Å². The van der Waals surface area contributed by atoms with Crippen LogP contribution in [0.1, 0.15) is 20.7 Å². The Labute approximate surface area is 201 Å². The molecule has 0 aliphatic rings. The molecule has 0 bridgehead atoms. The van der Waals surface area contributed by atoms with E-state index in [-0.39, 0.29) is 33.5 Å². The van der Waals surface area contributed by atoms with Gasteiger partial charge in [0.05, 0.1) is 27.6 Å². The number of hydrogen-bond acceptors (Lipinski definition) is 8. The molecule has 0 atom stereocenters. The molecule has 2 N–H and O–H groups in total. The highest BCUT2D eigenvalue weighted by Crippen LogP contribution is 2.32. The lowest BCUT2D eigenvalue weighted by molar-refractivity contribution is -0.383. The molecule has 1 aromatic heterocycles. The molecule has 3 aromatic carbocycles. The van der Waals surface area contributed by atoms with E-state index < -0.39 is 16.8 Å². The molecule has 1 heterocycles. The summed E-state index contributed by atoms with van der Waals surface area (Å²) in [5.41, 5.74) is 1.22. The normalized spacial score (nSPS) is 10.7. The first-order valence-corrected chi connectivity index (χ1v) is 10.3. The van der Waals surface area contributed by atoms with Gasteiger partial charge in [-0.3, -0.25) is 20.2 Å². The highest BCUT2D eigenvalue weighted by molar-refractivity contribution is 6.42. The number of carbonyl (C=O) groups excluding carboxylic acids is 2. The van der Waals surface area contributed by atoms with Gasteiger partial charge < -0.3 is 14.5 Å².